The molecule has 0 heterocycles. The molecule has 11 heteroatoms. The van der Waals surface area contributed by atoms with Gasteiger partial charge in [-0.2, -0.15) is 5.10 Å². The van der Waals surface area contributed by atoms with Crippen LogP contribution < -0.4 is 20.2 Å². The Labute approximate surface area is 219 Å². The van der Waals surface area contributed by atoms with Crippen molar-refractivity contribution in [1.82, 2.24) is 5.43 Å². The molecule has 0 aliphatic rings. The van der Waals surface area contributed by atoms with Gasteiger partial charge in [0.05, 0.1) is 17.3 Å². The van der Waals surface area contributed by atoms with Gasteiger partial charge < -0.3 is 14.8 Å². The summed E-state index contributed by atoms with van der Waals surface area (Å²) in [6, 6.07) is 13.7. The second kappa shape index (κ2) is 12.5. The van der Waals surface area contributed by atoms with Gasteiger partial charge in [-0.25, -0.2) is 9.82 Å². The second-order valence-electron chi connectivity index (χ2n) is 6.99. The van der Waals surface area contributed by atoms with E-state index in [0.717, 1.165) is 5.56 Å². The Bertz CT molecular complexity index is 1240. The molecule has 3 rings (SSSR count). The molecule has 0 saturated carbocycles. The molecule has 0 aliphatic carbocycles. The first-order valence-corrected chi connectivity index (χ1v) is 11.7. The number of amides is 2. The van der Waals surface area contributed by atoms with Crippen molar-refractivity contribution < 1.29 is 23.5 Å². The molecule has 0 atom stereocenters. The third kappa shape index (κ3) is 7.95. The Kier molecular flexibility index (Phi) is 9.47. The van der Waals surface area contributed by atoms with E-state index in [-0.39, 0.29) is 18.1 Å². The molecular formula is C24H19BrCl2FN3O4. The topological polar surface area (TPSA) is 89.0 Å². The van der Waals surface area contributed by atoms with Crippen LogP contribution in [0.4, 0.5) is 10.1 Å². The maximum atomic E-state index is 13.1. The number of nitrogens with zero attached hydrogens (tertiary/aromatic N) is 1. The zero-order valence-corrected chi connectivity index (χ0v) is 21.4. The monoisotopic (exact) mass is 581 g/mol. The number of benzene rings is 3. The fourth-order valence-corrected chi connectivity index (χ4v) is 3.93. The van der Waals surface area contributed by atoms with E-state index in [1.807, 2.05) is 6.92 Å². The third-order valence-electron chi connectivity index (χ3n) is 4.33. The summed E-state index contributed by atoms with van der Waals surface area (Å²) in [5, 5.41) is 6.83. The van der Waals surface area contributed by atoms with Gasteiger partial charge in [0, 0.05) is 15.7 Å². The van der Waals surface area contributed by atoms with E-state index >= 15 is 0 Å². The number of hydrogen-bond donors (Lipinski definition) is 2. The summed E-state index contributed by atoms with van der Waals surface area (Å²) in [5.41, 5.74) is 3.77. The van der Waals surface area contributed by atoms with Crippen LogP contribution in [0.5, 0.6) is 11.5 Å². The van der Waals surface area contributed by atoms with Crippen LogP contribution in [0.2, 0.25) is 10.0 Å². The van der Waals surface area contributed by atoms with Crippen LogP contribution in [0.15, 0.2) is 64.2 Å². The van der Waals surface area contributed by atoms with E-state index in [1.165, 1.54) is 36.5 Å². The maximum absolute atomic E-state index is 13.1. The van der Waals surface area contributed by atoms with Gasteiger partial charge in [0.15, 0.2) is 11.5 Å². The van der Waals surface area contributed by atoms with Crippen molar-refractivity contribution in [3.63, 3.8) is 0 Å². The molecular weight excluding hydrogens is 564 g/mol. The van der Waals surface area contributed by atoms with E-state index in [9.17, 15) is 14.0 Å². The Morgan fingerprint density at radius 3 is 2.37 bits per heavy atom. The van der Waals surface area contributed by atoms with Crippen molar-refractivity contribution in [2.24, 2.45) is 5.10 Å². The minimum atomic E-state index is -0.985. The van der Waals surface area contributed by atoms with Gasteiger partial charge in [-0.1, -0.05) is 35.3 Å². The quantitative estimate of drug-likeness (QED) is 0.195. The lowest BCUT2D eigenvalue weighted by molar-refractivity contribution is -0.136. The molecule has 0 aromatic heterocycles. The Morgan fingerprint density at radius 2 is 1.71 bits per heavy atom. The van der Waals surface area contributed by atoms with E-state index in [1.54, 1.807) is 24.3 Å². The van der Waals surface area contributed by atoms with Crippen LogP contribution in [0, 0.1) is 5.82 Å². The zero-order chi connectivity index (χ0) is 25.4. The summed E-state index contributed by atoms with van der Waals surface area (Å²) < 4.78 is 25.2. The highest BCUT2D eigenvalue weighted by Crippen LogP contribution is 2.37. The van der Waals surface area contributed by atoms with E-state index < -0.39 is 11.8 Å². The predicted octanol–water partition coefficient (Wildman–Crippen LogP) is 5.96. The number of carbonyl (C=O) groups is 2. The molecule has 3 aromatic rings. The summed E-state index contributed by atoms with van der Waals surface area (Å²) in [6.07, 6.45) is 1.35. The lowest BCUT2D eigenvalue weighted by Gasteiger charge is -2.14. The number of carbonyl (C=O) groups excluding carboxylic acids is 2. The summed E-state index contributed by atoms with van der Waals surface area (Å²) >= 11 is 15.2. The number of hydrogen-bond acceptors (Lipinski definition) is 5. The minimum absolute atomic E-state index is 0.204. The summed E-state index contributed by atoms with van der Waals surface area (Å²) in [7, 11) is 0. The fourth-order valence-electron chi connectivity index (χ4n) is 2.83. The third-order valence-corrected chi connectivity index (χ3v) is 5.36. The molecule has 182 valence electrons. The molecule has 3 aromatic carbocycles. The van der Waals surface area contributed by atoms with Gasteiger partial charge in [0.25, 0.3) is 0 Å². The van der Waals surface area contributed by atoms with E-state index in [0.29, 0.717) is 38.2 Å². The normalized spacial score (nSPS) is 10.8. The van der Waals surface area contributed by atoms with Crippen LogP contribution in [-0.4, -0.2) is 24.6 Å². The molecule has 0 bridgehead atoms. The highest BCUT2D eigenvalue weighted by molar-refractivity contribution is 9.10. The van der Waals surface area contributed by atoms with Crippen molar-refractivity contribution in [3.8, 4) is 11.5 Å². The number of nitrogens with one attached hydrogen (secondary N) is 2. The smallest absolute Gasteiger partial charge is 0.329 e. The average molecular weight is 583 g/mol. The number of ether oxygens (including phenoxy) is 2. The van der Waals surface area contributed by atoms with Crippen LogP contribution >= 0.6 is 39.1 Å². The Balaban J connectivity index is 1.65. The molecule has 0 saturated heterocycles. The predicted molar refractivity (Wildman–Crippen MR) is 137 cm³/mol. The standard InChI is InChI=1S/C24H19BrCl2FN3O4/c1-2-34-21-8-15(7-20(25)22(21)35-13-14-3-5-18(28)6-4-14)12-29-31-24(33)23(32)30-19-10-16(26)9-17(27)11-19/h3-12H,2,13H2,1H3,(H,30,32)(H,31,33)/b29-12+. The van der Waals surface area contributed by atoms with Gasteiger partial charge in [-0.05, 0) is 76.4 Å². The second-order valence-corrected chi connectivity index (χ2v) is 8.72. The molecule has 0 radical (unpaired) electrons. The number of halogens is 4. The molecule has 0 fully saturated rings. The number of anilines is 1. The largest absolute Gasteiger partial charge is 0.490 e. The molecule has 2 N–H and O–H groups in total. The first kappa shape index (κ1) is 26.5. The van der Waals surface area contributed by atoms with Gasteiger partial charge in [-0.3, -0.25) is 9.59 Å². The molecule has 0 aliphatic heterocycles. The van der Waals surface area contributed by atoms with E-state index in [2.05, 4.69) is 31.8 Å². The summed E-state index contributed by atoms with van der Waals surface area (Å²) in [5.74, 6) is -1.36. The van der Waals surface area contributed by atoms with E-state index in [4.69, 9.17) is 32.7 Å². The lowest BCUT2D eigenvalue weighted by atomic mass is 10.2. The van der Waals surface area contributed by atoms with Gasteiger partial charge in [0.2, 0.25) is 0 Å². The zero-order valence-electron chi connectivity index (χ0n) is 18.3. The van der Waals surface area contributed by atoms with Crippen molar-refractivity contribution in [2.45, 2.75) is 13.5 Å². The molecule has 0 spiro atoms. The van der Waals surface area contributed by atoms with Crippen LogP contribution in [0.25, 0.3) is 0 Å². The van der Waals surface area contributed by atoms with Gasteiger partial charge in [-0.15, -0.1) is 0 Å². The highest BCUT2D eigenvalue weighted by Gasteiger charge is 2.15. The molecule has 35 heavy (non-hydrogen) atoms. The minimum Gasteiger partial charge on any atom is -0.490 e. The molecule has 7 nitrogen and oxygen atoms in total. The van der Waals surface area contributed by atoms with Crippen LogP contribution in [0.3, 0.4) is 0 Å². The van der Waals surface area contributed by atoms with Crippen LogP contribution in [-0.2, 0) is 16.2 Å². The van der Waals surface area contributed by atoms with Gasteiger partial charge in [0.1, 0.15) is 12.4 Å². The van der Waals surface area contributed by atoms with Crippen LogP contribution in [0.1, 0.15) is 18.1 Å². The Morgan fingerprint density at radius 1 is 1.03 bits per heavy atom. The first-order valence-electron chi connectivity index (χ1n) is 10.2. The lowest BCUT2D eigenvalue weighted by Crippen LogP contribution is -2.32. The molecule has 2 amide bonds. The first-order chi connectivity index (χ1) is 16.7. The average Bonchev–Trinajstić information content (AvgIpc) is 2.79. The highest BCUT2D eigenvalue weighted by atomic mass is 79.9. The Hall–Kier alpha value is -3.14. The number of hydrazone groups is 1. The van der Waals surface area contributed by atoms with Crippen molar-refractivity contribution in [3.05, 3.63) is 86.1 Å². The maximum Gasteiger partial charge on any atom is 0.329 e. The summed E-state index contributed by atoms with van der Waals surface area (Å²) in [6.45, 7) is 2.41. The molecule has 0 unspecified atom stereocenters. The fraction of sp³-hybridized carbons (Fsp3) is 0.125. The summed E-state index contributed by atoms with van der Waals surface area (Å²) in [4.78, 5) is 24.1. The van der Waals surface area contributed by atoms with Crippen molar-refractivity contribution >= 4 is 62.8 Å². The van der Waals surface area contributed by atoms with Crippen molar-refractivity contribution in [2.75, 3.05) is 11.9 Å². The SMILES string of the molecule is CCOc1cc(/C=N/NC(=O)C(=O)Nc2cc(Cl)cc(Cl)c2)cc(Br)c1OCc1ccc(F)cc1. The van der Waals surface area contributed by atoms with Gasteiger partial charge >= 0.3 is 11.8 Å². The number of rotatable bonds is 8. The van der Waals surface area contributed by atoms with Crippen molar-refractivity contribution in [1.29, 1.82) is 0 Å².